The van der Waals surface area contributed by atoms with E-state index < -0.39 is 0 Å². The van der Waals surface area contributed by atoms with Crippen LogP contribution in [0.25, 0.3) is 109 Å². The first kappa shape index (κ1) is 28.2. The third kappa shape index (κ3) is 4.43. The van der Waals surface area contributed by atoms with Crippen LogP contribution in [0.4, 0.5) is 0 Å². The average Bonchev–Trinajstić information content (AvgIpc) is 3.89. The lowest BCUT2D eigenvalue weighted by Gasteiger charge is -2.10. The average molecular weight is 672 g/mol. The van der Waals surface area contributed by atoms with Crippen LogP contribution in [-0.2, 0) is 0 Å². The second-order valence-corrected chi connectivity index (χ2v) is 13.8. The Morgan fingerprint density at radius 2 is 0.961 bits per heavy atom. The lowest BCUT2D eigenvalue weighted by atomic mass is 10.0. The van der Waals surface area contributed by atoms with Gasteiger partial charge in [0, 0.05) is 53.7 Å². The third-order valence-electron chi connectivity index (χ3n) is 9.75. The molecule has 0 aliphatic heterocycles. The Kier molecular flexibility index (Phi) is 6.05. The zero-order chi connectivity index (χ0) is 33.5. The Balaban J connectivity index is 1.18. The number of fused-ring (bicyclic) bond motifs is 10. The van der Waals surface area contributed by atoms with E-state index in [2.05, 4.69) is 109 Å². The fraction of sp³-hybridized carbons (Fsp3) is 0. The summed E-state index contributed by atoms with van der Waals surface area (Å²) < 4.78 is 15.1. The molecule has 51 heavy (non-hydrogen) atoms. The molecule has 238 valence electrons. The van der Waals surface area contributed by atoms with Crippen LogP contribution in [0.15, 0.2) is 160 Å². The molecule has 4 heterocycles. The van der Waals surface area contributed by atoms with E-state index in [1.165, 1.54) is 4.70 Å². The maximum atomic E-state index is 6.57. The van der Waals surface area contributed by atoms with Crippen molar-refractivity contribution in [3.05, 3.63) is 152 Å². The van der Waals surface area contributed by atoms with Gasteiger partial charge in [-0.1, -0.05) is 115 Å². The quantitative estimate of drug-likeness (QED) is 0.186. The molecular weight excluding hydrogens is 647 g/mol. The maximum Gasteiger partial charge on any atom is 0.165 e. The molecule has 0 aliphatic rings. The summed E-state index contributed by atoms with van der Waals surface area (Å²) >= 11 is 1.74. The molecule has 0 amide bonds. The molecule has 0 atom stereocenters. The Morgan fingerprint density at radius 1 is 0.392 bits per heavy atom. The van der Waals surface area contributed by atoms with Crippen molar-refractivity contribution >= 4 is 75.4 Å². The van der Waals surface area contributed by atoms with Gasteiger partial charge in [0.15, 0.2) is 17.5 Å². The first-order valence-electron chi connectivity index (χ1n) is 16.8. The summed E-state index contributed by atoms with van der Waals surface area (Å²) in [6, 6.07) is 52.1. The SMILES string of the molecule is c1ccc(-c2ccc(-c3nc(-c4ccc5c(c4)oc4ccccc45)nc(-c4cc5c6ccccc6oc5c5c4sc4ccccc45)n3)cc2)cc1. The minimum atomic E-state index is 0.580. The Labute approximate surface area is 295 Å². The summed E-state index contributed by atoms with van der Waals surface area (Å²) in [5.74, 6) is 1.79. The highest BCUT2D eigenvalue weighted by Crippen LogP contribution is 2.46. The number of nitrogens with zero attached hydrogens (tertiary/aromatic N) is 3. The molecule has 0 unspecified atom stereocenters. The highest BCUT2D eigenvalue weighted by Gasteiger charge is 2.22. The Morgan fingerprint density at radius 3 is 1.76 bits per heavy atom. The molecule has 11 rings (SSSR count). The van der Waals surface area contributed by atoms with Gasteiger partial charge in [-0.05, 0) is 47.5 Å². The zero-order valence-electron chi connectivity index (χ0n) is 27.0. The minimum absolute atomic E-state index is 0.580. The van der Waals surface area contributed by atoms with E-state index in [-0.39, 0.29) is 0 Å². The van der Waals surface area contributed by atoms with Crippen LogP contribution in [0.2, 0.25) is 0 Å². The summed E-state index contributed by atoms with van der Waals surface area (Å²) in [4.78, 5) is 15.6. The standard InChI is InChI=1S/C45H25N3O2S/c1-2-10-26(11-3-1)27-18-20-28(21-19-27)43-46-44(29-22-23-32-30-12-4-7-15-36(30)49-38(32)24-29)48-45(47-43)35-25-34-31-13-5-8-16-37(31)50-41(34)40-33-14-6-9-17-39(33)51-42(35)40/h1-25H. The van der Waals surface area contributed by atoms with Crippen molar-refractivity contribution in [1.82, 2.24) is 15.0 Å². The zero-order valence-corrected chi connectivity index (χ0v) is 27.8. The number of rotatable bonds is 4. The van der Waals surface area contributed by atoms with Gasteiger partial charge in [-0.15, -0.1) is 11.3 Å². The van der Waals surface area contributed by atoms with Gasteiger partial charge in [0.05, 0.1) is 4.70 Å². The van der Waals surface area contributed by atoms with E-state index in [4.69, 9.17) is 23.8 Å². The van der Waals surface area contributed by atoms with E-state index >= 15 is 0 Å². The molecule has 11 aromatic rings. The predicted octanol–water partition coefficient (Wildman–Crippen LogP) is 12.7. The second-order valence-electron chi connectivity index (χ2n) is 12.8. The van der Waals surface area contributed by atoms with Gasteiger partial charge < -0.3 is 8.83 Å². The van der Waals surface area contributed by atoms with Crippen LogP contribution in [0.3, 0.4) is 0 Å². The summed E-state index contributed by atoms with van der Waals surface area (Å²) in [5, 5.41) is 6.49. The summed E-state index contributed by atoms with van der Waals surface area (Å²) in [7, 11) is 0. The van der Waals surface area contributed by atoms with Crippen LogP contribution in [0.5, 0.6) is 0 Å². The van der Waals surface area contributed by atoms with Gasteiger partial charge in [-0.25, -0.2) is 15.0 Å². The molecule has 0 aliphatic carbocycles. The molecule has 0 fully saturated rings. The molecule has 0 N–H and O–H groups in total. The van der Waals surface area contributed by atoms with Crippen LogP contribution >= 0.6 is 11.3 Å². The predicted molar refractivity (Wildman–Crippen MR) is 209 cm³/mol. The van der Waals surface area contributed by atoms with E-state index in [1.807, 2.05) is 42.5 Å². The molecule has 0 spiro atoms. The van der Waals surface area contributed by atoms with E-state index in [9.17, 15) is 0 Å². The van der Waals surface area contributed by atoms with Crippen molar-refractivity contribution in [2.45, 2.75) is 0 Å². The number of para-hydroxylation sites is 2. The molecular formula is C45H25N3O2S. The van der Waals surface area contributed by atoms with Crippen molar-refractivity contribution in [1.29, 1.82) is 0 Å². The molecule has 7 aromatic carbocycles. The van der Waals surface area contributed by atoms with Crippen molar-refractivity contribution < 1.29 is 8.83 Å². The number of hydrogen-bond acceptors (Lipinski definition) is 6. The number of aromatic nitrogens is 3. The smallest absolute Gasteiger partial charge is 0.165 e. The fourth-order valence-corrected chi connectivity index (χ4v) is 8.50. The van der Waals surface area contributed by atoms with Crippen LogP contribution in [-0.4, -0.2) is 15.0 Å². The monoisotopic (exact) mass is 671 g/mol. The van der Waals surface area contributed by atoms with Crippen LogP contribution in [0.1, 0.15) is 0 Å². The highest BCUT2D eigenvalue weighted by molar-refractivity contribution is 7.26. The summed E-state index contributed by atoms with van der Waals surface area (Å²) in [6.07, 6.45) is 0. The molecule has 0 bridgehead atoms. The molecule has 5 nitrogen and oxygen atoms in total. The Bertz CT molecular complexity index is 3140. The number of thiophene rings is 1. The molecule has 4 aromatic heterocycles. The second kappa shape index (κ2) is 10.9. The first-order chi connectivity index (χ1) is 25.2. The lowest BCUT2D eigenvalue weighted by Crippen LogP contribution is -2.00. The largest absolute Gasteiger partial charge is 0.456 e. The van der Waals surface area contributed by atoms with Gasteiger partial charge in [0.2, 0.25) is 0 Å². The summed E-state index contributed by atoms with van der Waals surface area (Å²) in [6.45, 7) is 0. The maximum absolute atomic E-state index is 6.57. The van der Waals surface area contributed by atoms with Crippen LogP contribution in [0, 0.1) is 0 Å². The van der Waals surface area contributed by atoms with Crippen molar-refractivity contribution in [2.24, 2.45) is 0 Å². The summed E-state index contributed by atoms with van der Waals surface area (Å²) in [5.41, 5.74) is 8.39. The third-order valence-corrected chi connectivity index (χ3v) is 11.0. The first-order valence-corrected chi connectivity index (χ1v) is 17.7. The molecule has 0 saturated heterocycles. The minimum Gasteiger partial charge on any atom is -0.456 e. The van der Waals surface area contributed by atoms with Gasteiger partial charge in [0.25, 0.3) is 0 Å². The van der Waals surface area contributed by atoms with Gasteiger partial charge in [-0.3, -0.25) is 0 Å². The normalized spacial score (nSPS) is 11.9. The highest BCUT2D eigenvalue weighted by atomic mass is 32.1. The molecule has 6 heteroatoms. The van der Waals surface area contributed by atoms with Crippen molar-refractivity contribution in [3.63, 3.8) is 0 Å². The number of hydrogen-bond donors (Lipinski definition) is 0. The number of furan rings is 2. The molecule has 0 radical (unpaired) electrons. The number of benzene rings is 7. The lowest BCUT2D eigenvalue weighted by molar-refractivity contribution is 0.669. The van der Waals surface area contributed by atoms with Crippen molar-refractivity contribution in [3.8, 4) is 45.3 Å². The van der Waals surface area contributed by atoms with Gasteiger partial charge in [0.1, 0.15) is 22.3 Å². The van der Waals surface area contributed by atoms with E-state index in [0.717, 1.165) is 87.2 Å². The van der Waals surface area contributed by atoms with Crippen molar-refractivity contribution in [2.75, 3.05) is 0 Å². The van der Waals surface area contributed by atoms with E-state index in [0.29, 0.717) is 17.5 Å². The van der Waals surface area contributed by atoms with Gasteiger partial charge >= 0.3 is 0 Å². The van der Waals surface area contributed by atoms with Gasteiger partial charge in [-0.2, -0.15) is 0 Å². The van der Waals surface area contributed by atoms with E-state index in [1.54, 1.807) is 11.3 Å². The molecule has 0 saturated carbocycles. The Hall–Kier alpha value is -6.63. The fourth-order valence-electron chi connectivity index (χ4n) is 7.29. The van der Waals surface area contributed by atoms with Crippen LogP contribution < -0.4 is 0 Å². The topological polar surface area (TPSA) is 65.0 Å².